The zero-order valence-electron chi connectivity index (χ0n) is 10.6. The number of nitrogens with two attached hydrogens (primary N) is 1. The summed E-state index contributed by atoms with van der Waals surface area (Å²) >= 11 is 0. The number of sulfonamides is 1. The van der Waals surface area contributed by atoms with Gasteiger partial charge in [-0.2, -0.15) is 0 Å². The molecule has 20 heavy (non-hydrogen) atoms. The van der Waals surface area contributed by atoms with Crippen LogP contribution in [0.2, 0.25) is 0 Å². The molecule has 0 aliphatic rings. The average molecular weight is 302 g/mol. The SMILES string of the molecule is COC(=O)C(O)CNS(=O)(=O)c1ccc(C(N)=O)cc1. The van der Waals surface area contributed by atoms with Crippen LogP contribution in [0.3, 0.4) is 0 Å². The number of benzene rings is 1. The van der Waals surface area contributed by atoms with Crippen molar-refractivity contribution in [2.45, 2.75) is 11.0 Å². The molecular weight excluding hydrogens is 288 g/mol. The Morgan fingerprint density at radius 1 is 1.35 bits per heavy atom. The van der Waals surface area contributed by atoms with Crippen LogP contribution < -0.4 is 10.5 Å². The Labute approximate surface area is 115 Å². The summed E-state index contributed by atoms with van der Waals surface area (Å²) in [5.41, 5.74) is 5.20. The molecule has 0 aliphatic heterocycles. The van der Waals surface area contributed by atoms with Gasteiger partial charge in [-0.15, -0.1) is 0 Å². The summed E-state index contributed by atoms with van der Waals surface area (Å²) in [6.45, 7) is -0.521. The van der Waals surface area contributed by atoms with Gasteiger partial charge < -0.3 is 15.6 Å². The summed E-state index contributed by atoms with van der Waals surface area (Å²) in [6, 6.07) is 4.89. The average Bonchev–Trinajstić information content (AvgIpc) is 2.44. The molecule has 1 aromatic carbocycles. The fraction of sp³-hybridized carbons (Fsp3) is 0.273. The molecule has 0 spiro atoms. The van der Waals surface area contributed by atoms with E-state index in [0.29, 0.717) is 0 Å². The second-order valence-electron chi connectivity index (χ2n) is 3.78. The van der Waals surface area contributed by atoms with Crippen molar-refractivity contribution < 1.29 is 27.9 Å². The molecule has 0 fully saturated rings. The van der Waals surface area contributed by atoms with Crippen LogP contribution >= 0.6 is 0 Å². The van der Waals surface area contributed by atoms with Crippen LogP contribution in [0.25, 0.3) is 0 Å². The molecule has 0 radical (unpaired) electrons. The number of rotatable bonds is 6. The van der Waals surface area contributed by atoms with E-state index >= 15 is 0 Å². The molecule has 1 atom stereocenters. The molecule has 0 aliphatic carbocycles. The van der Waals surface area contributed by atoms with Crippen molar-refractivity contribution >= 4 is 21.9 Å². The van der Waals surface area contributed by atoms with E-state index in [0.717, 1.165) is 7.11 Å². The molecule has 1 unspecified atom stereocenters. The molecule has 0 aromatic heterocycles. The molecule has 8 nitrogen and oxygen atoms in total. The summed E-state index contributed by atoms with van der Waals surface area (Å²) in [4.78, 5) is 21.7. The topological polar surface area (TPSA) is 136 Å². The number of esters is 1. The summed E-state index contributed by atoms with van der Waals surface area (Å²) < 4.78 is 30.0. The van der Waals surface area contributed by atoms with Crippen molar-refractivity contribution in [2.24, 2.45) is 5.73 Å². The number of amides is 1. The van der Waals surface area contributed by atoms with Crippen molar-refractivity contribution in [1.82, 2.24) is 4.72 Å². The van der Waals surface area contributed by atoms with Gasteiger partial charge in [0.15, 0.2) is 6.10 Å². The van der Waals surface area contributed by atoms with E-state index < -0.39 is 34.5 Å². The molecule has 0 bridgehead atoms. The van der Waals surface area contributed by atoms with Gasteiger partial charge in [-0.25, -0.2) is 17.9 Å². The van der Waals surface area contributed by atoms with Crippen LogP contribution in [0, 0.1) is 0 Å². The lowest BCUT2D eigenvalue weighted by molar-refractivity contribution is -0.149. The zero-order valence-corrected chi connectivity index (χ0v) is 11.4. The molecule has 0 saturated carbocycles. The summed E-state index contributed by atoms with van der Waals surface area (Å²) in [5.74, 6) is -1.63. The first-order valence-electron chi connectivity index (χ1n) is 5.43. The second kappa shape index (κ2) is 6.46. The summed E-state index contributed by atoms with van der Waals surface area (Å²) in [7, 11) is -2.84. The van der Waals surface area contributed by atoms with Crippen molar-refractivity contribution in [1.29, 1.82) is 0 Å². The smallest absolute Gasteiger partial charge is 0.336 e. The number of methoxy groups -OCH3 is 1. The minimum atomic E-state index is -3.91. The van der Waals surface area contributed by atoms with Crippen molar-refractivity contribution in [3.05, 3.63) is 29.8 Å². The van der Waals surface area contributed by atoms with Crippen LogP contribution in [0.1, 0.15) is 10.4 Å². The third-order valence-corrected chi connectivity index (χ3v) is 3.83. The maximum atomic E-state index is 11.8. The Morgan fingerprint density at radius 3 is 2.35 bits per heavy atom. The van der Waals surface area contributed by atoms with E-state index in [4.69, 9.17) is 5.73 Å². The maximum Gasteiger partial charge on any atom is 0.336 e. The monoisotopic (exact) mass is 302 g/mol. The normalized spacial score (nSPS) is 12.7. The van der Waals surface area contributed by atoms with Gasteiger partial charge in [0.2, 0.25) is 15.9 Å². The molecule has 1 rings (SSSR count). The summed E-state index contributed by atoms with van der Waals surface area (Å²) in [5, 5.41) is 9.28. The predicted molar refractivity (Wildman–Crippen MR) is 68.2 cm³/mol. The number of carbonyl (C=O) groups excluding carboxylic acids is 2. The highest BCUT2D eigenvalue weighted by molar-refractivity contribution is 7.89. The molecule has 0 heterocycles. The van der Waals surface area contributed by atoms with Gasteiger partial charge in [-0.3, -0.25) is 4.79 Å². The largest absolute Gasteiger partial charge is 0.467 e. The Bertz CT molecular complexity index is 596. The third-order valence-electron chi connectivity index (χ3n) is 2.39. The fourth-order valence-corrected chi connectivity index (χ4v) is 2.33. The van der Waals surface area contributed by atoms with Crippen LogP contribution in [0.15, 0.2) is 29.2 Å². The number of ether oxygens (including phenoxy) is 1. The minimum absolute atomic E-state index is 0.125. The predicted octanol–water partition coefficient (Wildman–Crippen LogP) is -1.40. The van der Waals surface area contributed by atoms with Crippen LogP contribution in [0.5, 0.6) is 0 Å². The van der Waals surface area contributed by atoms with Gasteiger partial charge in [0.25, 0.3) is 0 Å². The lowest BCUT2D eigenvalue weighted by Crippen LogP contribution is -2.37. The molecule has 1 aromatic rings. The van der Waals surface area contributed by atoms with E-state index in [2.05, 4.69) is 4.74 Å². The highest BCUT2D eigenvalue weighted by Gasteiger charge is 2.20. The van der Waals surface area contributed by atoms with Crippen molar-refractivity contribution in [2.75, 3.05) is 13.7 Å². The van der Waals surface area contributed by atoms with Crippen LogP contribution in [0.4, 0.5) is 0 Å². The Morgan fingerprint density at radius 2 is 1.90 bits per heavy atom. The number of hydrogen-bond donors (Lipinski definition) is 3. The standard InChI is InChI=1S/C11H14N2O6S/c1-19-11(16)9(14)6-13-20(17,18)8-4-2-7(3-5-8)10(12)15/h2-5,9,13-14H,6H2,1H3,(H2,12,15). The summed E-state index contributed by atoms with van der Waals surface area (Å²) in [6.07, 6.45) is -1.60. The highest BCUT2D eigenvalue weighted by Crippen LogP contribution is 2.10. The van der Waals surface area contributed by atoms with E-state index in [1.165, 1.54) is 24.3 Å². The first-order valence-corrected chi connectivity index (χ1v) is 6.91. The van der Waals surface area contributed by atoms with E-state index in [9.17, 15) is 23.1 Å². The second-order valence-corrected chi connectivity index (χ2v) is 5.55. The molecule has 9 heteroatoms. The number of primary amides is 1. The van der Waals surface area contributed by atoms with Gasteiger partial charge >= 0.3 is 5.97 Å². The Kier molecular flexibility index (Phi) is 5.19. The Hall–Kier alpha value is -1.97. The van der Waals surface area contributed by atoms with Gasteiger partial charge in [0.1, 0.15) is 0 Å². The van der Waals surface area contributed by atoms with E-state index in [1.54, 1.807) is 0 Å². The lowest BCUT2D eigenvalue weighted by atomic mass is 10.2. The van der Waals surface area contributed by atoms with Gasteiger partial charge in [0, 0.05) is 12.1 Å². The number of hydrogen-bond acceptors (Lipinski definition) is 6. The first kappa shape index (κ1) is 16.1. The molecule has 0 saturated heterocycles. The third kappa shape index (κ3) is 4.02. The number of aliphatic hydroxyl groups excluding tert-OH is 1. The van der Waals surface area contributed by atoms with E-state index in [1.807, 2.05) is 4.72 Å². The fourth-order valence-electron chi connectivity index (χ4n) is 1.29. The first-order chi connectivity index (χ1) is 9.27. The van der Waals surface area contributed by atoms with Crippen molar-refractivity contribution in [3.8, 4) is 0 Å². The lowest BCUT2D eigenvalue weighted by Gasteiger charge is -2.10. The minimum Gasteiger partial charge on any atom is -0.467 e. The van der Waals surface area contributed by atoms with Gasteiger partial charge in [-0.05, 0) is 24.3 Å². The molecule has 1 amide bonds. The van der Waals surface area contributed by atoms with Gasteiger partial charge in [0.05, 0.1) is 12.0 Å². The number of aliphatic hydroxyl groups is 1. The molecule has 110 valence electrons. The van der Waals surface area contributed by atoms with Crippen LogP contribution in [-0.2, 0) is 19.6 Å². The zero-order chi connectivity index (χ0) is 15.3. The van der Waals surface area contributed by atoms with Gasteiger partial charge in [-0.1, -0.05) is 0 Å². The van der Waals surface area contributed by atoms with Crippen LogP contribution in [-0.4, -0.2) is 45.2 Å². The highest BCUT2D eigenvalue weighted by atomic mass is 32.2. The number of carbonyl (C=O) groups is 2. The quantitative estimate of drug-likeness (QED) is 0.553. The maximum absolute atomic E-state index is 11.8. The number of nitrogens with one attached hydrogen (secondary N) is 1. The van der Waals surface area contributed by atoms with Crippen molar-refractivity contribution in [3.63, 3.8) is 0 Å². The molecular formula is C11H14N2O6S. The Balaban J connectivity index is 2.79. The molecule has 4 N–H and O–H groups in total. The van der Waals surface area contributed by atoms with E-state index in [-0.39, 0.29) is 10.5 Å².